The standard InChI is InChI=1S/C17H24N6O2/c1-12-14(13(2)22-21-12)4-5-15(24)20-10-17(25)6-9-23(11-17)16-18-7-3-8-19-16/h3,7-8,25H,4-6,9-11H2,1-2H3,(H,20,24)(H,21,22). The van der Waals surface area contributed by atoms with Gasteiger partial charge in [-0.3, -0.25) is 9.89 Å². The van der Waals surface area contributed by atoms with E-state index in [1.54, 1.807) is 18.5 Å². The second kappa shape index (κ2) is 7.18. The van der Waals surface area contributed by atoms with Crippen molar-refractivity contribution in [2.75, 3.05) is 24.5 Å². The quantitative estimate of drug-likeness (QED) is 0.705. The summed E-state index contributed by atoms with van der Waals surface area (Å²) in [5, 5.41) is 20.6. The Morgan fingerprint density at radius 2 is 2.16 bits per heavy atom. The topological polar surface area (TPSA) is 107 Å². The third-order valence-corrected chi connectivity index (χ3v) is 4.66. The summed E-state index contributed by atoms with van der Waals surface area (Å²) in [6.45, 7) is 5.20. The molecule has 0 aliphatic carbocycles. The summed E-state index contributed by atoms with van der Waals surface area (Å²) in [7, 11) is 0. The highest BCUT2D eigenvalue weighted by Crippen LogP contribution is 2.23. The second-order valence-electron chi connectivity index (χ2n) is 6.63. The molecule has 8 nitrogen and oxygen atoms in total. The molecule has 0 saturated carbocycles. The van der Waals surface area contributed by atoms with Crippen molar-refractivity contribution in [3.8, 4) is 0 Å². The van der Waals surface area contributed by atoms with E-state index in [2.05, 4.69) is 25.5 Å². The number of aromatic amines is 1. The summed E-state index contributed by atoms with van der Waals surface area (Å²) < 4.78 is 0. The van der Waals surface area contributed by atoms with Crippen molar-refractivity contribution in [1.82, 2.24) is 25.5 Å². The monoisotopic (exact) mass is 344 g/mol. The number of nitrogens with one attached hydrogen (secondary N) is 2. The smallest absolute Gasteiger partial charge is 0.225 e. The van der Waals surface area contributed by atoms with Crippen LogP contribution in [-0.4, -0.2) is 56.4 Å². The van der Waals surface area contributed by atoms with E-state index in [0.717, 1.165) is 17.0 Å². The largest absolute Gasteiger partial charge is 0.386 e. The van der Waals surface area contributed by atoms with E-state index in [4.69, 9.17) is 0 Å². The predicted molar refractivity (Wildman–Crippen MR) is 93.2 cm³/mol. The molecule has 1 amide bonds. The Labute approximate surface area is 146 Å². The normalized spacial score (nSPS) is 20.0. The predicted octanol–water partition coefficient (Wildman–Crippen LogP) is 0.507. The number of anilines is 1. The van der Waals surface area contributed by atoms with Crippen LogP contribution < -0.4 is 10.2 Å². The maximum Gasteiger partial charge on any atom is 0.225 e. The number of nitrogens with zero attached hydrogens (tertiary/aromatic N) is 4. The van der Waals surface area contributed by atoms with Gasteiger partial charge in [-0.25, -0.2) is 9.97 Å². The Kier molecular flexibility index (Phi) is 4.98. The van der Waals surface area contributed by atoms with E-state index in [0.29, 0.717) is 38.3 Å². The Morgan fingerprint density at radius 3 is 2.84 bits per heavy atom. The fourth-order valence-electron chi connectivity index (χ4n) is 3.16. The molecule has 1 aliphatic heterocycles. The first kappa shape index (κ1) is 17.3. The third kappa shape index (κ3) is 4.14. The number of hydrogen-bond acceptors (Lipinski definition) is 6. The lowest BCUT2D eigenvalue weighted by atomic mass is 10.0. The summed E-state index contributed by atoms with van der Waals surface area (Å²) >= 11 is 0. The Balaban J connectivity index is 1.47. The molecule has 3 N–H and O–H groups in total. The molecule has 8 heteroatoms. The van der Waals surface area contributed by atoms with Crippen LogP contribution in [0, 0.1) is 13.8 Å². The molecule has 134 valence electrons. The average Bonchev–Trinajstić information content (AvgIpc) is 3.16. The molecule has 3 heterocycles. The molecular formula is C17H24N6O2. The van der Waals surface area contributed by atoms with Crippen LogP contribution in [0.15, 0.2) is 18.5 Å². The van der Waals surface area contributed by atoms with E-state index < -0.39 is 5.60 Å². The minimum Gasteiger partial charge on any atom is -0.386 e. The fraction of sp³-hybridized carbons (Fsp3) is 0.529. The van der Waals surface area contributed by atoms with Crippen LogP contribution in [0.5, 0.6) is 0 Å². The molecular weight excluding hydrogens is 320 g/mol. The molecule has 2 aromatic rings. The summed E-state index contributed by atoms with van der Waals surface area (Å²) in [5.41, 5.74) is 2.06. The molecule has 0 aromatic carbocycles. The van der Waals surface area contributed by atoms with Gasteiger partial charge in [0.1, 0.15) is 5.60 Å². The summed E-state index contributed by atoms with van der Waals surface area (Å²) in [6, 6.07) is 1.76. The van der Waals surface area contributed by atoms with E-state index in [1.165, 1.54) is 0 Å². The van der Waals surface area contributed by atoms with Gasteiger partial charge >= 0.3 is 0 Å². The van der Waals surface area contributed by atoms with Crippen LogP contribution in [0.4, 0.5) is 5.95 Å². The zero-order valence-corrected chi connectivity index (χ0v) is 14.6. The molecule has 2 aromatic heterocycles. The number of amides is 1. The van der Waals surface area contributed by atoms with Gasteiger partial charge < -0.3 is 15.3 Å². The fourth-order valence-corrected chi connectivity index (χ4v) is 3.16. The van der Waals surface area contributed by atoms with Gasteiger partial charge in [0.25, 0.3) is 0 Å². The van der Waals surface area contributed by atoms with Crippen LogP contribution in [-0.2, 0) is 11.2 Å². The van der Waals surface area contributed by atoms with E-state index in [-0.39, 0.29) is 12.5 Å². The SMILES string of the molecule is Cc1n[nH]c(C)c1CCC(=O)NCC1(O)CCN(c2ncccn2)C1. The zero-order chi connectivity index (χ0) is 17.9. The van der Waals surface area contributed by atoms with Crippen molar-refractivity contribution in [2.24, 2.45) is 0 Å². The molecule has 25 heavy (non-hydrogen) atoms. The van der Waals surface area contributed by atoms with E-state index >= 15 is 0 Å². The number of aromatic nitrogens is 4. The van der Waals surface area contributed by atoms with Crippen molar-refractivity contribution in [3.05, 3.63) is 35.4 Å². The van der Waals surface area contributed by atoms with Crippen LogP contribution in [0.3, 0.4) is 0 Å². The Bertz CT molecular complexity index is 712. The minimum atomic E-state index is -0.948. The number of carbonyl (C=O) groups is 1. The van der Waals surface area contributed by atoms with Gasteiger partial charge in [-0.15, -0.1) is 0 Å². The maximum atomic E-state index is 12.1. The molecule has 1 fully saturated rings. The van der Waals surface area contributed by atoms with Gasteiger partial charge in [0, 0.05) is 37.6 Å². The number of hydrogen-bond donors (Lipinski definition) is 3. The highest BCUT2D eigenvalue weighted by Gasteiger charge is 2.37. The van der Waals surface area contributed by atoms with Crippen LogP contribution in [0.1, 0.15) is 29.8 Å². The molecule has 1 unspecified atom stereocenters. The summed E-state index contributed by atoms with van der Waals surface area (Å²) in [5.74, 6) is 0.540. The van der Waals surface area contributed by atoms with Gasteiger partial charge in [0.15, 0.2) is 0 Å². The molecule has 0 bridgehead atoms. The Hall–Kier alpha value is -2.48. The average molecular weight is 344 g/mol. The number of β-amino-alcohol motifs (C(OH)–C–C–N with tert-alkyl or cyclic N) is 1. The maximum absolute atomic E-state index is 12.1. The molecule has 3 rings (SSSR count). The van der Waals surface area contributed by atoms with E-state index in [1.807, 2.05) is 18.7 Å². The minimum absolute atomic E-state index is 0.0668. The molecule has 0 radical (unpaired) electrons. The van der Waals surface area contributed by atoms with Gasteiger partial charge in [-0.1, -0.05) is 0 Å². The number of aliphatic hydroxyl groups is 1. The Morgan fingerprint density at radius 1 is 1.40 bits per heavy atom. The first-order chi connectivity index (χ1) is 12.0. The molecule has 1 saturated heterocycles. The number of carbonyl (C=O) groups excluding carboxylic acids is 1. The number of rotatable bonds is 6. The summed E-state index contributed by atoms with van der Waals surface area (Å²) in [6.07, 6.45) is 4.96. The lowest BCUT2D eigenvalue weighted by Crippen LogP contribution is -2.45. The van der Waals surface area contributed by atoms with Gasteiger partial charge in [0.2, 0.25) is 11.9 Å². The van der Waals surface area contributed by atoms with Gasteiger partial charge in [-0.2, -0.15) is 5.10 Å². The molecule has 1 aliphatic rings. The van der Waals surface area contributed by atoms with Gasteiger partial charge in [-0.05, 0) is 38.3 Å². The summed E-state index contributed by atoms with van der Waals surface area (Å²) in [4.78, 5) is 22.5. The first-order valence-electron chi connectivity index (χ1n) is 8.48. The van der Waals surface area contributed by atoms with Crippen molar-refractivity contribution in [1.29, 1.82) is 0 Å². The zero-order valence-electron chi connectivity index (χ0n) is 14.6. The molecule has 1 atom stereocenters. The first-order valence-corrected chi connectivity index (χ1v) is 8.48. The third-order valence-electron chi connectivity index (χ3n) is 4.66. The van der Waals surface area contributed by atoms with Crippen molar-refractivity contribution >= 4 is 11.9 Å². The lowest BCUT2D eigenvalue weighted by Gasteiger charge is -2.23. The molecule has 0 spiro atoms. The van der Waals surface area contributed by atoms with E-state index in [9.17, 15) is 9.90 Å². The number of H-pyrrole nitrogens is 1. The van der Waals surface area contributed by atoms with Gasteiger partial charge in [0.05, 0.1) is 12.2 Å². The lowest BCUT2D eigenvalue weighted by molar-refractivity contribution is -0.122. The second-order valence-corrected chi connectivity index (χ2v) is 6.63. The van der Waals surface area contributed by atoms with Crippen molar-refractivity contribution in [3.63, 3.8) is 0 Å². The van der Waals surface area contributed by atoms with Crippen LogP contribution >= 0.6 is 0 Å². The van der Waals surface area contributed by atoms with Crippen LogP contribution in [0.2, 0.25) is 0 Å². The highest BCUT2D eigenvalue weighted by molar-refractivity contribution is 5.76. The van der Waals surface area contributed by atoms with Crippen LogP contribution in [0.25, 0.3) is 0 Å². The number of aryl methyl sites for hydroxylation is 2. The van der Waals surface area contributed by atoms with Crippen molar-refractivity contribution < 1.29 is 9.90 Å². The highest BCUT2D eigenvalue weighted by atomic mass is 16.3. The van der Waals surface area contributed by atoms with Crippen molar-refractivity contribution in [2.45, 2.75) is 38.7 Å².